The average Bonchev–Trinajstić information content (AvgIpc) is 2.85. The predicted octanol–water partition coefficient (Wildman–Crippen LogP) is -0.451. The molecule has 7 nitrogen and oxygen atoms in total. The number of fused-ring (bicyclic) bond motifs is 1. The van der Waals surface area contributed by atoms with Crippen molar-refractivity contribution in [1.29, 1.82) is 0 Å². The number of aromatic nitrogens is 2. The number of hydrogen-bond acceptors (Lipinski definition) is 4. The van der Waals surface area contributed by atoms with E-state index < -0.39 is 6.04 Å². The van der Waals surface area contributed by atoms with Gasteiger partial charge in [-0.15, -0.1) is 0 Å². The Morgan fingerprint density at radius 1 is 1.58 bits per heavy atom. The highest BCUT2D eigenvalue weighted by molar-refractivity contribution is 5.82. The molecule has 104 valence electrons. The topological polar surface area (TPSA) is 76.5 Å². The molecule has 0 aromatic carbocycles. The summed E-state index contributed by atoms with van der Waals surface area (Å²) in [5.41, 5.74) is 0.869. The second kappa shape index (κ2) is 5.83. The molecule has 19 heavy (non-hydrogen) atoms. The van der Waals surface area contributed by atoms with E-state index in [9.17, 15) is 9.59 Å². The van der Waals surface area contributed by atoms with Crippen LogP contribution >= 0.6 is 0 Å². The lowest BCUT2D eigenvalue weighted by Crippen LogP contribution is -2.46. The highest BCUT2D eigenvalue weighted by Gasteiger charge is 2.30. The molecule has 1 aromatic rings. The van der Waals surface area contributed by atoms with Crippen molar-refractivity contribution < 1.29 is 14.3 Å². The lowest BCUT2D eigenvalue weighted by atomic mass is 10.1. The van der Waals surface area contributed by atoms with Gasteiger partial charge in [0.25, 0.3) is 0 Å². The van der Waals surface area contributed by atoms with Crippen molar-refractivity contribution in [3.8, 4) is 0 Å². The van der Waals surface area contributed by atoms with Crippen LogP contribution in [0.1, 0.15) is 18.7 Å². The fraction of sp³-hybridized carbons (Fsp3) is 0.583. The van der Waals surface area contributed by atoms with Gasteiger partial charge in [0.2, 0.25) is 11.8 Å². The molecule has 0 spiro atoms. The van der Waals surface area contributed by atoms with Gasteiger partial charge in [0.15, 0.2) is 0 Å². The summed E-state index contributed by atoms with van der Waals surface area (Å²) < 4.78 is 6.72. The van der Waals surface area contributed by atoms with Crippen LogP contribution in [0.25, 0.3) is 0 Å². The smallest absolute Gasteiger partial charge is 0.245 e. The third kappa shape index (κ3) is 2.93. The summed E-state index contributed by atoms with van der Waals surface area (Å²) in [4.78, 5) is 29.3. The van der Waals surface area contributed by atoms with E-state index in [1.807, 2.05) is 4.57 Å². The number of carbonyl (C=O) groups excluding carboxylic acids is 2. The van der Waals surface area contributed by atoms with E-state index in [2.05, 4.69) is 10.3 Å². The number of nitrogens with one attached hydrogen (secondary N) is 1. The average molecular weight is 266 g/mol. The first-order valence-electron chi connectivity index (χ1n) is 6.16. The highest BCUT2D eigenvalue weighted by Crippen LogP contribution is 2.20. The maximum Gasteiger partial charge on any atom is 0.245 e. The van der Waals surface area contributed by atoms with Gasteiger partial charge in [-0.2, -0.15) is 0 Å². The van der Waals surface area contributed by atoms with Gasteiger partial charge in [-0.25, -0.2) is 4.98 Å². The molecule has 0 saturated carbocycles. The van der Waals surface area contributed by atoms with Gasteiger partial charge in [-0.3, -0.25) is 9.59 Å². The zero-order chi connectivity index (χ0) is 13.8. The van der Waals surface area contributed by atoms with E-state index in [1.54, 1.807) is 24.5 Å². The Bertz CT molecular complexity index is 471. The Morgan fingerprint density at radius 2 is 2.37 bits per heavy atom. The Morgan fingerprint density at radius 3 is 3.05 bits per heavy atom. The number of carbonyl (C=O) groups is 2. The Balaban J connectivity index is 2.11. The van der Waals surface area contributed by atoms with Crippen LogP contribution in [-0.2, 0) is 20.9 Å². The first-order valence-corrected chi connectivity index (χ1v) is 6.16. The van der Waals surface area contributed by atoms with E-state index in [4.69, 9.17) is 4.74 Å². The summed E-state index contributed by atoms with van der Waals surface area (Å²) in [5.74, 6) is -0.163. The molecule has 1 aromatic heterocycles. The van der Waals surface area contributed by atoms with Crippen molar-refractivity contribution in [3.63, 3.8) is 0 Å². The summed E-state index contributed by atoms with van der Waals surface area (Å²) in [6, 6.07) is -0.424. The van der Waals surface area contributed by atoms with Crippen LogP contribution in [0, 0.1) is 0 Å². The molecule has 1 aliphatic rings. The molecule has 1 atom stereocenters. The van der Waals surface area contributed by atoms with Crippen LogP contribution in [0.2, 0.25) is 0 Å². The molecule has 0 aliphatic carbocycles. The summed E-state index contributed by atoms with van der Waals surface area (Å²) in [6.45, 7) is 3.29. The van der Waals surface area contributed by atoms with Gasteiger partial charge < -0.3 is 19.5 Å². The van der Waals surface area contributed by atoms with Crippen molar-refractivity contribution in [2.24, 2.45) is 0 Å². The lowest BCUT2D eigenvalue weighted by Gasteiger charge is -2.33. The second-order valence-corrected chi connectivity index (χ2v) is 4.49. The zero-order valence-corrected chi connectivity index (χ0v) is 11.1. The lowest BCUT2D eigenvalue weighted by molar-refractivity contribution is -0.133. The molecule has 2 heterocycles. The summed E-state index contributed by atoms with van der Waals surface area (Å²) >= 11 is 0. The Hall–Kier alpha value is -1.89. The fourth-order valence-electron chi connectivity index (χ4n) is 2.14. The SMILES string of the molecule is COCCNC(=O)C1CN(C(C)=O)Cc2cncn21. The molecule has 1 N–H and O–H groups in total. The number of hydrogen-bond donors (Lipinski definition) is 1. The molecule has 0 saturated heterocycles. The van der Waals surface area contributed by atoms with Crippen molar-refractivity contribution in [2.75, 3.05) is 26.8 Å². The molecule has 0 bridgehead atoms. The Kier molecular flexibility index (Phi) is 4.16. The third-order valence-corrected chi connectivity index (χ3v) is 3.18. The van der Waals surface area contributed by atoms with E-state index in [1.165, 1.54) is 6.92 Å². The number of rotatable bonds is 4. The third-order valence-electron chi connectivity index (χ3n) is 3.18. The molecule has 7 heteroatoms. The number of methoxy groups -OCH3 is 1. The van der Waals surface area contributed by atoms with Gasteiger partial charge >= 0.3 is 0 Å². The van der Waals surface area contributed by atoms with Crippen LogP contribution in [0.15, 0.2) is 12.5 Å². The molecule has 0 radical (unpaired) electrons. The number of amides is 2. The molecule has 1 unspecified atom stereocenters. The molecular weight excluding hydrogens is 248 g/mol. The first kappa shape index (κ1) is 13.5. The second-order valence-electron chi connectivity index (χ2n) is 4.49. The molecule has 1 aliphatic heterocycles. The largest absolute Gasteiger partial charge is 0.383 e. The number of ether oxygens (including phenoxy) is 1. The van der Waals surface area contributed by atoms with Crippen LogP contribution in [-0.4, -0.2) is 53.1 Å². The van der Waals surface area contributed by atoms with Crippen molar-refractivity contribution in [3.05, 3.63) is 18.2 Å². The quantitative estimate of drug-likeness (QED) is 0.749. The molecule has 0 fully saturated rings. The van der Waals surface area contributed by atoms with E-state index >= 15 is 0 Å². The van der Waals surface area contributed by atoms with Gasteiger partial charge in [-0.1, -0.05) is 0 Å². The van der Waals surface area contributed by atoms with Crippen LogP contribution in [0.4, 0.5) is 0 Å². The predicted molar refractivity (Wildman–Crippen MR) is 67.2 cm³/mol. The van der Waals surface area contributed by atoms with Crippen LogP contribution < -0.4 is 5.32 Å². The van der Waals surface area contributed by atoms with Crippen molar-refractivity contribution in [1.82, 2.24) is 19.8 Å². The zero-order valence-electron chi connectivity index (χ0n) is 11.1. The number of nitrogens with zero attached hydrogens (tertiary/aromatic N) is 3. The normalized spacial score (nSPS) is 18.0. The van der Waals surface area contributed by atoms with Gasteiger partial charge in [0.05, 0.1) is 31.7 Å². The van der Waals surface area contributed by atoms with Crippen LogP contribution in [0.5, 0.6) is 0 Å². The fourth-order valence-corrected chi connectivity index (χ4v) is 2.14. The van der Waals surface area contributed by atoms with Crippen molar-refractivity contribution >= 4 is 11.8 Å². The maximum atomic E-state index is 12.1. The van der Waals surface area contributed by atoms with E-state index in [-0.39, 0.29) is 11.8 Å². The highest BCUT2D eigenvalue weighted by atomic mass is 16.5. The first-order chi connectivity index (χ1) is 9.13. The minimum atomic E-state index is -0.424. The number of imidazole rings is 1. The molecule has 2 rings (SSSR count). The minimum absolute atomic E-state index is 0.0397. The molecular formula is C12H18N4O3. The van der Waals surface area contributed by atoms with Crippen LogP contribution in [0.3, 0.4) is 0 Å². The van der Waals surface area contributed by atoms with Gasteiger partial charge in [0.1, 0.15) is 6.04 Å². The summed E-state index contributed by atoms with van der Waals surface area (Å²) in [6.07, 6.45) is 3.32. The Labute approximate surface area is 111 Å². The monoisotopic (exact) mass is 266 g/mol. The standard InChI is InChI=1S/C12H18N4O3/c1-9(17)15-6-10-5-13-8-16(10)11(7-15)12(18)14-3-4-19-2/h5,8,11H,3-4,6-7H2,1-2H3,(H,14,18). The van der Waals surface area contributed by atoms with Gasteiger partial charge in [-0.05, 0) is 0 Å². The summed E-state index contributed by atoms with van der Waals surface area (Å²) in [5, 5.41) is 2.79. The van der Waals surface area contributed by atoms with E-state index in [0.29, 0.717) is 26.2 Å². The maximum absolute atomic E-state index is 12.1. The summed E-state index contributed by atoms with van der Waals surface area (Å²) in [7, 11) is 1.58. The molecule has 2 amide bonds. The van der Waals surface area contributed by atoms with E-state index in [0.717, 1.165) is 5.69 Å². The van der Waals surface area contributed by atoms with Gasteiger partial charge in [0, 0.05) is 26.8 Å². The van der Waals surface area contributed by atoms with Crippen molar-refractivity contribution in [2.45, 2.75) is 19.5 Å². The minimum Gasteiger partial charge on any atom is -0.383 e.